The number of phenols is 1. The summed E-state index contributed by atoms with van der Waals surface area (Å²) >= 11 is 12.0. The number of methoxy groups -OCH3 is 1. The van der Waals surface area contributed by atoms with E-state index in [1.807, 2.05) is 0 Å². The van der Waals surface area contributed by atoms with E-state index in [4.69, 9.17) is 27.9 Å². The molecule has 0 radical (unpaired) electrons. The smallest absolute Gasteiger partial charge is 0.263 e. The van der Waals surface area contributed by atoms with Crippen molar-refractivity contribution in [2.75, 3.05) is 22.5 Å². The van der Waals surface area contributed by atoms with Crippen LogP contribution in [0.15, 0.2) is 89.8 Å². The van der Waals surface area contributed by atoms with Crippen molar-refractivity contribution in [1.82, 2.24) is 9.97 Å². The number of rotatable bonds is 8. The maximum absolute atomic E-state index is 13.5. The van der Waals surface area contributed by atoms with E-state index in [9.17, 15) is 18.3 Å². The number of nitrogens with one attached hydrogen (secondary N) is 3. The predicted octanol–water partition coefficient (Wildman–Crippen LogP) is 6.45. The minimum atomic E-state index is -4.21. The second-order valence-corrected chi connectivity index (χ2v) is 11.3. The van der Waals surface area contributed by atoms with Crippen molar-refractivity contribution in [1.29, 1.82) is 0 Å². The molecule has 0 saturated carbocycles. The number of benzene rings is 4. The number of carbonyl (C=O) groups excluding carboxylic acids is 1. The number of phenolic OH excluding ortho intramolecular Hbond substituents is 1. The largest absolute Gasteiger partial charge is 0.508 e. The molecule has 0 bridgehead atoms. The number of halogens is 2. The fourth-order valence-corrected chi connectivity index (χ4v) is 5.46. The number of fused-ring (bicyclic) bond motifs is 1. The summed E-state index contributed by atoms with van der Waals surface area (Å²) in [5.41, 5.74) is 1.78. The van der Waals surface area contributed by atoms with Crippen molar-refractivity contribution in [2.45, 2.75) is 4.90 Å². The van der Waals surface area contributed by atoms with E-state index in [0.29, 0.717) is 22.5 Å². The van der Waals surface area contributed by atoms with Gasteiger partial charge in [0.2, 0.25) is 0 Å². The Labute approximate surface area is 245 Å². The second-order valence-electron chi connectivity index (χ2n) is 8.70. The fraction of sp³-hybridized carbons (Fsp3) is 0.0357. The van der Waals surface area contributed by atoms with Crippen LogP contribution in [-0.2, 0) is 10.0 Å². The molecule has 10 nitrogen and oxygen atoms in total. The van der Waals surface area contributed by atoms with Crippen molar-refractivity contribution in [3.8, 4) is 11.5 Å². The lowest BCUT2D eigenvalue weighted by Gasteiger charge is -2.15. The monoisotopic (exact) mass is 609 g/mol. The summed E-state index contributed by atoms with van der Waals surface area (Å²) in [7, 11) is -2.76. The van der Waals surface area contributed by atoms with Crippen LogP contribution < -0.4 is 20.1 Å². The molecule has 4 N–H and O–H groups in total. The molecule has 41 heavy (non-hydrogen) atoms. The van der Waals surface area contributed by atoms with Crippen molar-refractivity contribution in [3.05, 3.63) is 101 Å². The summed E-state index contributed by atoms with van der Waals surface area (Å²) in [4.78, 5) is 21.6. The van der Waals surface area contributed by atoms with E-state index in [2.05, 4.69) is 25.3 Å². The SMILES string of the molecule is COc1cc(O)cc(Nc2nc3ccccc3nc2NS(=O)(=O)c2cccc(NC(=O)c3cc(Cl)cc(Cl)c3)c2)c1. The molecule has 0 spiro atoms. The minimum absolute atomic E-state index is 0.0679. The van der Waals surface area contributed by atoms with Crippen molar-refractivity contribution >= 4 is 73.2 Å². The highest BCUT2D eigenvalue weighted by Crippen LogP contribution is 2.31. The normalized spacial score (nSPS) is 11.2. The zero-order valence-corrected chi connectivity index (χ0v) is 23.6. The molecular weight excluding hydrogens is 589 g/mol. The summed E-state index contributed by atoms with van der Waals surface area (Å²) < 4.78 is 34.6. The Morgan fingerprint density at radius 1 is 0.829 bits per heavy atom. The zero-order chi connectivity index (χ0) is 29.1. The summed E-state index contributed by atoms with van der Waals surface area (Å²) in [5, 5.41) is 16.3. The van der Waals surface area contributed by atoms with E-state index in [1.165, 1.54) is 55.6 Å². The number of carbonyl (C=O) groups is 1. The van der Waals surface area contributed by atoms with Gasteiger partial charge in [0.25, 0.3) is 15.9 Å². The summed E-state index contributed by atoms with van der Waals surface area (Å²) in [5.74, 6) is -0.217. The first-order chi connectivity index (χ1) is 19.6. The van der Waals surface area contributed by atoms with Gasteiger partial charge in [0.1, 0.15) is 11.5 Å². The highest BCUT2D eigenvalue weighted by Gasteiger charge is 2.20. The second kappa shape index (κ2) is 11.5. The highest BCUT2D eigenvalue weighted by atomic mass is 35.5. The van der Waals surface area contributed by atoms with Crippen LogP contribution >= 0.6 is 23.2 Å². The van der Waals surface area contributed by atoms with Crippen molar-refractivity contribution in [2.24, 2.45) is 0 Å². The molecule has 0 aliphatic carbocycles. The Balaban J connectivity index is 1.46. The number of amides is 1. The maximum Gasteiger partial charge on any atom is 0.263 e. The van der Waals surface area contributed by atoms with Crippen LogP contribution in [0.3, 0.4) is 0 Å². The van der Waals surface area contributed by atoms with Gasteiger partial charge >= 0.3 is 0 Å². The quantitative estimate of drug-likeness (QED) is 0.157. The van der Waals surface area contributed by atoms with Crippen LogP contribution in [0.5, 0.6) is 11.5 Å². The third-order valence-electron chi connectivity index (χ3n) is 5.72. The van der Waals surface area contributed by atoms with Gasteiger partial charge in [0, 0.05) is 45.2 Å². The number of ether oxygens (including phenoxy) is 1. The number of aromatic nitrogens is 2. The fourth-order valence-electron chi connectivity index (χ4n) is 3.88. The molecule has 5 rings (SSSR count). The number of hydrogen-bond acceptors (Lipinski definition) is 8. The number of aromatic hydroxyl groups is 1. The number of sulfonamides is 1. The standard InChI is InChI=1S/C28H21Cl2N5O5S/c1-40-22-13-20(12-21(36)15-22)31-26-27(34-25-8-3-2-7-24(25)33-26)35-41(38,39)23-6-4-5-19(14-23)32-28(37)16-9-17(29)11-18(30)10-16/h2-15,36H,1H3,(H,31,33)(H,32,37)(H,34,35). The van der Waals surface area contributed by atoms with Gasteiger partial charge in [-0.2, -0.15) is 0 Å². The molecule has 5 aromatic rings. The van der Waals surface area contributed by atoms with Gasteiger partial charge in [0.05, 0.1) is 23.0 Å². The third kappa shape index (κ3) is 6.60. The minimum Gasteiger partial charge on any atom is -0.508 e. The van der Waals surface area contributed by atoms with E-state index in [0.717, 1.165) is 0 Å². The predicted molar refractivity (Wildman–Crippen MR) is 159 cm³/mol. The zero-order valence-electron chi connectivity index (χ0n) is 21.2. The van der Waals surface area contributed by atoms with Gasteiger partial charge in [0.15, 0.2) is 11.6 Å². The van der Waals surface area contributed by atoms with Crippen molar-refractivity contribution in [3.63, 3.8) is 0 Å². The Morgan fingerprint density at radius 3 is 2.20 bits per heavy atom. The first-order valence-corrected chi connectivity index (χ1v) is 14.2. The molecule has 1 heterocycles. The van der Waals surface area contributed by atoms with Gasteiger partial charge in [-0.15, -0.1) is 0 Å². The van der Waals surface area contributed by atoms with Gasteiger partial charge < -0.3 is 20.5 Å². The topological polar surface area (TPSA) is 143 Å². The van der Waals surface area contributed by atoms with Crippen LogP contribution in [0.4, 0.5) is 23.0 Å². The van der Waals surface area contributed by atoms with Crippen LogP contribution in [0.2, 0.25) is 10.0 Å². The van der Waals surface area contributed by atoms with E-state index < -0.39 is 15.9 Å². The van der Waals surface area contributed by atoms with Crippen LogP contribution in [-0.4, -0.2) is 36.5 Å². The highest BCUT2D eigenvalue weighted by molar-refractivity contribution is 7.92. The first-order valence-electron chi connectivity index (χ1n) is 11.9. The number of hydrogen-bond donors (Lipinski definition) is 4. The summed E-state index contributed by atoms with van der Waals surface area (Å²) in [6.45, 7) is 0. The molecule has 13 heteroatoms. The van der Waals surface area contributed by atoms with Gasteiger partial charge in [-0.1, -0.05) is 41.4 Å². The summed E-state index contributed by atoms with van der Waals surface area (Å²) in [6.07, 6.45) is 0. The maximum atomic E-state index is 13.5. The first kappa shape index (κ1) is 28.0. The van der Waals surface area contributed by atoms with Gasteiger partial charge in [-0.3, -0.25) is 9.52 Å². The summed E-state index contributed by atoms with van der Waals surface area (Å²) in [6, 6.07) is 21.5. The number of nitrogens with zero attached hydrogens (tertiary/aromatic N) is 2. The Bertz CT molecular complexity index is 1880. The molecule has 0 fully saturated rings. The van der Waals surface area contributed by atoms with E-state index >= 15 is 0 Å². The lowest BCUT2D eigenvalue weighted by molar-refractivity contribution is 0.102. The Hall–Kier alpha value is -4.58. The molecule has 0 atom stereocenters. The molecule has 0 aliphatic rings. The lowest BCUT2D eigenvalue weighted by atomic mass is 10.2. The lowest BCUT2D eigenvalue weighted by Crippen LogP contribution is -2.17. The van der Waals surface area contributed by atoms with E-state index in [-0.39, 0.29) is 43.6 Å². The third-order valence-corrected chi connectivity index (χ3v) is 7.49. The van der Waals surface area contributed by atoms with Crippen LogP contribution in [0, 0.1) is 0 Å². The van der Waals surface area contributed by atoms with Crippen molar-refractivity contribution < 1.29 is 23.1 Å². The molecule has 0 unspecified atom stereocenters. The van der Waals surface area contributed by atoms with Crippen LogP contribution in [0.25, 0.3) is 11.0 Å². The Morgan fingerprint density at radius 2 is 1.51 bits per heavy atom. The average Bonchev–Trinajstić information content (AvgIpc) is 2.92. The molecular formula is C28H21Cl2N5O5S. The van der Waals surface area contributed by atoms with Gasteiger partial charge in [-0.05, 0) is 48.5 Å². The van der Waals surface area contributed by atoms with E-state index in [1.54, 1.807) is 36.4 Å². The molecule has 4 aromatic carbocycles. The molecule has 1 aromatic heterocycles. The Kier molecular flexibility index (Phi) is 7.84. The van der Waals surface area contributed by atoms with Crippen LogP contribution in [0.1, 0.15) is 10.4 Å². The molecule has 0 aliphatic heterocycles. The average molecular weight is 610 g/mol. The number of para-hydroxylation sites is 2. The molecule has 1 amide bonds. The number of anilines is 4. The van der Waals surface area contributed by atoms with Gasteiger partial charge in [-0.25, -0.2) is 18.4 Å². The molecule has 0 saturated heterocycles. The molecule has 208 valence electrons.